The lowest BCUT2D eigenvalue weighted by molar-refractivity contribution is 0.0661. The molecule has 0 spiro atoms. The van der Waals surface area contributed by atoms with Crippen LogP contribution in [0.15, 0.2) is 10.5 Å². The number of hydrogen-bond donors (Lipinski definition) is 1. The molecule has 0 radical (unpaired) electrons. The van der Waals surface area contributed by atoms with Gasteiger partial charge in [0.15, 0.2) is 0 Å². The molecule has 1 aromatic rings. The van der Waals surface area contributed by atoms with Gasteiger partial charge in [-0.3, -0.25) is 4.90 Å². The maximum atomic E-state index is 10.9. The van der Waals surface area contributed by atoms with Gasteiger partial charge in [-0.25, -0.2) is 4.79 Å². The Morgan fingerprint density at radius 1 is 1.50 bits per heavy atom. The van der Waals surface area contributed by atoms with E-state index in [1.807, 2.05) is 6.92 Å². The zero-order valence-corrected chi connectivity index (χ0v) is 11.1. The monoisotopic (exact) mass is 251 g/mol. The van der Waals surface area contributed by atoms with Crippen LogP contribution in [0.1, 0.15) is 54.5 Å². The molecule has 1 aliphatic rings. The summed E-state index contributed by atoms with van der Waals surface area (Å²) in [7, 11) is 0. The molecule has 1 saturated carbocycles. The highest BCUT2D eigenvalue weighted by atomic mass is 16.4. The average molecular weight is 251 g/mol. The number of carbonyl (C=O) groups is 1. The number of nitrogens with zero attached hydrogens (tertiary/aromatic N) is 1. The third kappa shape index (κ3) is 2.75. The number of hydrogen-bond acceptors (Lipinski definition) is 3. The third-order valence-corrected chi connectivity index (χ3v) is 3.85. The number of furan rings is 1. The average Bonchev–Trinajstić information content (AvgIpc) is 2.96. The van der Waals surface area contributed by atoms with Crippen molar-refractivity contribution in [2.75, 3.05) is 6.54 Å². The van der Waals surface area contributed by atoms with Gasteiger partial charge >= 0.3 is 5.97 Å². The van der Waals surface area contributed by atoms with Crippen molar-refractivity contribution < 1.29 is 14.3 Å². The topological polar surface area (TPSA) is 53.7 Å². The van der Waals surface area contributed by atoms with Crippen LogP contribution in [0.25, 0.3) is 0 Å². The maximum Gasteiger partial charge on any atom is 0.371 e. The molecule has 18 heavy (non-hydrogen) atoms. The first-order chi connectivity index (χ1) is 8.61. The van der Waals surface area contributed by atoms with E-state index in [9.17, 15) is 4.79 Å². The Labute approximate surface area is 108 Å². The standard InChI is InChI=1S/C14H21NO3/c1-3-15(12-6-4-5-7-12)9-11-8-13(14(16)17)18-10(11)2/h8,12H,3-7,9H2,1-2H3,(H,16,17). The van der Waals surface area contributed by atoms with Crippen molar-refractivity contribution in [3.8, 4) is 0 Å². The van der Waals surface area contributed by atoms with Crippen LogP contribution < -0.4 is 0 Å². The largest absolute Gasteiger partial charge is 0.475 e. The van der Waals surface area contributed by atoms with Crippen LogP contribution in [0, 0.1) is 6.92 Å². The number of aromatic carboxylic acids is 1. The molecule has 0 atom stereocenters. The van der Waals surface area contributed by atoms with Crippen molar-refractivity contribution in [2.45, 2.75) is 52.1 Å². The first-order valence-corrected chi connectivity index (χ1v) is 6.68. The third-order valence-electron chi connectivity index (χ3n) is 3.85. The molecule has 1 aliphatic carbocycles. The highest BCUT2D eigenvalue weighted by Gasteiger charge is 2.23. The first kappa shape index (κ1) is 13.1. The van der Waals surface area contributed by atoms with Crippen LogP contribution in [-0.4, -0.2) is 28.6 Å². The highest BCUT2D eigenvalue weighted by Crippen LogP contribution is 2.26. The lowest BCUT2D eigenvalue weighted by Crippen LogP contribution is -2.32. The van der Waals surface area contributed by atoms with Gasteiger partial charge in [0.2, 0.25) is 5.76 Å². The molecule has 100 valence electrons. The fourth-order valence-corrected chi connectivity index (χ4v) is 2.77. The molecule has 4 heteroatoms. The van der Waals surface area contributed by atoms with Gasteiger partial charge < -0.3 is 9.52 Å². The van der Waals surface area contributed by atoms with Crippen LogP contribution in [0.4, 0.5) is 0 Å². The molecule has 0 saturated heterocycles. The summed E-state index contributed by atoms with van der Waals surface area (Å²) >= 11 is 0. The van der Waals surface area contributed by atoms with Crippen LogP contribution in [0.5, 0.6) is 0 Å². The molecule has 1 heterocycles. The van der Waals surface area contributed by atoms with Crippen molar-refractivity contribution in [3.63, 3.8) is 0 Å². The zero-order chi connectivity index (χ0) is 13.1. The summed E-state index contributed by atoms with van der Waals surface area (Å²) in [6.07, 6.45) is 5.14. The quantitative estimate of drug-likeness (QED) is 0.873. The van der Waals surface area contributed by atoms with Gasteiger partial charge in [-0.2, -0.15) is 0 Å². The maximum absolute atomic E-state index is 10.9. The second-order valence-electron chi connectivity index (χ2n) is 5.00. The normalized spacial score (nSPS) is 16.6. The Bertz CT molecular complexity index is 419. The second-order valence-corrected chi connectivity index (χ2v) is 5.00. The van der Waals surface area contributed by atoms with Crippen LogP contribution in [0.2, 0.25) is 0 Å². The molecular weight excluding hydrogens is 230 g/mol. The van der Waals surface area contributed by atoms with E-state index in [4.69, 9.17) is 9.52 Å². The van der Waals surface area contributed by atoms with E-state index < -0.39 is 5.97 Å². The molecule has 0 amide bonds. The summed E-state index contributed by atoms with van der Waals surface area (Å²) in [5.41, 5.74) is 1.00. The van der Waals surface area contributed by atoms with E-state index in [0.29, 0.717) is 6.04 Å². The minimum Gasteiger partial charge on any atom is -0.475 e. The molecule has 0 unspecified atom stereocenters. The smallest absolute Gasteiger partial charge is 0.371 e. The summed E-state index contributed by atoms with van der Waals surface area (Å²) in [6.45, 7) is 5.79. The van der Waals surface area contributed by atoms with E-state index in [1.54, 1.807) is 6.07 Å². The van der Waals surface area contributed by atoms with Crippen LogP contribution in [-0.2, 0) is 6.54 Å². The van der Waals surface area contributed by atoms with E-state index in [2.05, 4.69) is 11.8 Å². The van der Waals surface area contributed by atoms with E-state index >= 15 is 0 Å². The zero-order valence-electron chi connectivity index (χ0n) is 11.1. The Balaban J connectivity index is 2.08. The van der Waals surface area contributed by atoms with Crippen molar-refractivity contribution in [2.24, 2.45) is 0 Å². The molecule has 2 rings (SSSR count). The number of rotatable bonds is 5. The summed E-state index contributed by atoms with van der Waals surface area (Å²) in [5.74, 6) is -0.220. The van der Waals surface area contributed by atoms with Gasteiger partial charge in [0.05, 0.1) is 0 Å². The lowest BCUT2D eigenvalue weighted by atomic mass is 10.1. The molecule has 0 aromatic carbocycles. The van der Waals surface area contributed by atoms with Gasteiger partial charge in [-0.1, -0.05) is 19.8 Å². The Morgan fingerprint density at radius 2 is 2.17 bits per heavy atom. The van der Waals surface area contributed by atoms with Crippen LogP contribution >= 0.6 is 0 Å². The van der Waals surface area contributed by atoms with Gasteiger partial charge in [-0.15, -0.1) is 0 Å². The van der Waals surface area contributed by atoms with Gasteiger partial charge in [0.25, 0.3) is 0 Å². The lowest BCUT2D eigenvalue weighted by Gasteiger charge is -2.27. The van der Waals surface area contributed by atoms with Crippen molar-refractivity contribution in [3.05, 3.63) is 23.2 Å². The van der Waals surface area contributed by atoms with Crippen LogP contribution in [0.3, 0.4) is 0 Å². The molecule has 4 nitrogen and oxygen atoms in total. The van der Waals surface area contributed by atoms with Gasteiger partial charge in [0, 0.05) is 18.2 Å². The highest BCUT2D eigenvalue weighted by molar-refractivity contribution is 5.84. The predicted molar refractivity (Wildman–Crippen MR) is 68.7 cm³/mol. The first-order valence-electron chi connectivity index (χ1n) is 6.68. The van der Waals surface area contributed by atoms with Gasteiger partial charge in [-0.05, 0) is 32.4 Å². The minimum absolute atomic E-state index is 0.0463. The molecule has 0 aliphatic heterocycles. The predicted octanol–water partition coefficient (Wildman–Crippen LogP) is 3.05. The molecule has 1 N–H and O–H groups in total. The molecule has 1 aromatic heterocycles. The molecule has 1 fully saturated rings. The number of carboxylic acids is 1. The minimum atomic E-state index is -0.992. The summed E-state index contributed by atoms with van der Waals surface area (Å²) in [6, 6.07) is 2.31. The summed E-state index contributed by atoms with van der Waals surface area (Å²) < 4.78 is 5.26. The molecular formula is C14H21NO3. The SMILES string of the molecule is CCN(Cc1cc(C(=O)O)oc1C)C1CCCC1. The van der Waals surface area contributed by atoms with Gasteiger partial charge in [0.1, 0.15) is 5.76 Å². The summed E-state index contributed by atoms with van der Waals surface area (Å²) in [4.78, 5) is 13.3. The number of carboxylic acid groups (broad SMARTS) is 1. The van der Waals surface area contributed by atoms with E-state index in [-0.39, 0.29) is 5.76 Å². The fourth-order valence-electron chi connectivity index (χ4n) is 2.77. The second kappa shape index (κ2) is 5.57. The van der Waals surface area contributed by atoms with E-state index in [1.165, 1.54) is 25.7 Å². The van der Waals surface area contributed by atoms with E-state index in [0.717, 1.165) is 24.4 Å². The fraction of sp³-hybridized carbons (Fsp3) is 0.643. The van der Waals surface area contributed by atoms with Crippen molar-refractivity contribution >= 4 is 5.97 Å². The Hall–Kier alpha value is -1.29. The molecule has 0 bridgehead atoms. The Morgan fingerprint density at radius 3 is 2.67 bits per heavy atom. The summed E-state index contributed by atoms with van der Waals surface area (Å²) in [5, 5.41) is 8.92. The Kier molecular flexibility index (Phi) is 4.07. The van der Waals surface area contributed by atoms with Crippen molar-refractivity contribution in [1.29, 1.82) is 0 Å². The van der Waals surface area contributed by atoms with Crippen molar-refractivity contribution in [1.82, 2.24) is 4.90 Å². The number of aryl methyl sites for hydroxylation is 1.